The van der Waals surface area contributed by atoms with Crippen molar-refractivity contribution in [3.63, 3.8) is 0 Å². The molecule has 0 heterocycles. The van der Waals surface area contributed by atoms with Crippen molar-refractivity contribution >= 4 is 52.3 Å². The number of methoxy groups -OCH3 is 1. The number of nitrogens with zero attached hydrogens (tertiary/aromatic N) is 1. The number of amides is 3. The molecule has 30 heavy (non-hydrogen) atoms. The summed E-state index contributed by atoms with van der Waals surface area (Å²) >= 11 is 11.7. The van der Waals surface area contributed by atoms with Crippen LogP contribution in [0.15, 0.2) is 41.5 Å². The smallest absolute Gasteiger partial charge is 0.329 e. The molecule has 11 heteroatoms. The van der Waals surface area contributed by atoms with Gasteiger partial charge < -0.3 is 20.5 Å². The first-order valence-electron chi connectivity index (χ1n) is 8.41. The van der Waals surface area contributed by atoms with E-state index in [9.17, 15) is 14.4 Å². The summed E-state index contributed by atoms with van der Waals surface area (Å²) in [6, 6.07) is 9.17. The maximum atomic E-state index is 12.0. The van der Waals surface area contributed by atoms with Gasteiger partial charge >= 0.3 is 11.8 Å². The van der Waals surface area contributed by atoms with E-state index in [1.165, 1.54) is 25.3 Å². The molecule has 4 N–H and O–H groups in total. The Balaban J connectivity index is 2.04. The Hall–Kier alpha value is -3.30. The van der Waals surface area contributed by atoms with Crippen LogP contribution in [0.1, 0.15) is 12.5 Å². The Morgan fingerprint density at radius 3 is 2.30 bits per heavy atom. The van der Waals surface area contributed by atoms with E-state index < -0.39 is 17.7 Å². The number of hydrogen-bond acceptors (Lipinski definition) is 6. The zero-order valence-corrected chi connectivity index (χ0v) is 17.5. The number of nitrogens with two attached hydrogens (primary N) is 1. The zero-order valence-electron chi connectivity index (χ0n) is 16.0. The van der Waals surface area contributed by atoms with Gasteiger partial charge in [0.25, 0.3) is 5.91 Å². The lowest BCUT2D eigenvalue weighted by atomic mass is 10.1. The van der Waals surface area contributed by atoms with E-state index in [1.54, 1.807) is 25.1 Å². The van der Waals surface area contributed by atoms with E-state index in [4.69, 9.17) is 38.4 Å². The van der Waals surface area contributed by atoms with E-state index in [-0.39, 0.29) is 12.3 Å². The van der Waals surface area contributed by atoms with Crippen LogP contribution in [0.25, 0.3) is 0 Å². The van der Waals surface area contributed by atoms with Crippen molar-refractivity contribution in [2.45, 2.75) is 6.92 Å². The van der Waals surface area contributed by atoms with Gasteiger partial charge in [0, 0.05) is 21.3 Å². The van der Waals surface area contributed by atoms with Crippen LogP contribution in [0.5, 0.6) is 11.5 Å². The summed E-state index contributed by atoms with van der Waals surface area (Å²) in [5.74, 6) is -1.90. The molecule has 0 radical (unpaired) electrons. The number of hydrazone groups is 1. The van der Waals surface area contributed by atoms with Gasteiger partial charge in [-0.25, -0.2) is 5.43 Å². The average Bonchev–Trinajstić information content (AvgIpc) is 2.69. The third kappa shape index (κ3) is 6.64. The fraction of sp³-hybridized carbons (Fsp3) is 0.158. The van der Waals surface area contributed by atoms with Gasteiger partial charge in [-0.3, -0.25) is 14.4 Å². The standard InChI is InChI=1S/C19H18Cl2N4O5/c1-10(11-3-4-15(16(5-11)29-2)30-9-17(22)26)24-25-19(28)18(27)23-14-7-12(20)6-13(21)8-14/h3-8H,9H2,1-2H3,(H2,22,26)(H,23,27)(H,25,28)/b24-10+. The molecule has 2 aromatic rings. The summed E-state index contributed by atoms with van der Waals surface area (Å²) in [5.41, 5.74) is 8.46. The van der Waals surface area contributed by atoms with Gasteiger partial charge in [0.1, 0.15) is 0 Å². The summed E-state index contributed by atoms with van der Waals surface area (Å²) < 4.78 is 10.5. The lowest BCUT2D eigenvalue weighted by Gasteiger charge is -2.11. The minimum absolute atomic E-state index is 0.268. The normalized spacial score (nSPS) is 10.9. The number of anilines is 1. The molecule has 0 aromatic heterocycles. The number of primary amides is 1. The SMILES string of the molecule is COc1cc(/C(C)=N/NC(=O)C(=O)Nc2cc(Cl)cc(Cl)c2)ccc1OCC(N)=O. The van der Waals surface area contributed by atoms with Crippen LogP contribution in [0, 0.1) is 0 Å². The third-order valence-electron chi connectivity index (χ3n) is 3.60. The first-order valence-corrected chi connectivity index (χ1v) is 9.16. The maximum absolute atomic E-state index is 12.0. The topological polar surface area (TPSA) is 132 Å². The summed E-state index contributed by atoms with van der Waals surface area (Å²) in [4.78, 5) is 34.8. The van der Waals surface area contributed by atoms with Gasteiger partial charge in [-0.05, 0) is 43.3 Å². The molecule has 0 saturated carbocycles. The minimum Gasteiger partial charge on any atom is -0.493 e. The molecule has 0 spiro atoms. The molecule has 158 valence electrons. The van der Waals surface area contributed by atoms with Gasteiger partial charge in [-0.1, -0.05) is 23.2 Å². The van der Waals surface area contributed by atoms with Crippen molar-refractivity contribution in [1.82, 2.24) is 5.43 Å². The fourth-order valence-electron chi connectivity index (χ4n) is 2.22. The Morgan fingerprint density at radius 1 is 1.03 bits per heavy atom. The van der Waals surface area contributed by atoms with Crippen LogP contribution in [0.4, 0.5) is 5.69 Å². The molecule has 0 fully saturated rings. The van der Waals surface area contributed by atoms with Crippen molar-refractivity contribution in [1.29, 1.82) is 0 Å². The van der Waals surface area contributed by atoms with E-state index in [0.717, 1.165) is 0 Å². The van der Waals surface area contributed by atoms with E-state index in [1.807, 2.05) is 0 Å². The molecule has 0 bridgehead atoms. The highest BCUT2D eigenvalue weighted by molar-refractivity contribution is 6.40. The van der Waals surface area contributed by atoms with Crippen molar-refractivity contribution in [2.24, 2.45) is 10.8 Å². The quantitative estimate of drug-likeness (QED) is 0.336. The molecule has 0 aliphatic heterocycles. The largest absolute Gasteiger partial charge is 0.493 e. The number of carbonyl (C=O) groups excluding carboxylic acids is 3. The van der Waals surface area contributed by atoms with Crippen LogP contribution in [0.3, 0.4) is 0 Å². The van der Waals surface area contributed by atoms with Crippen LogP contribution in [0.2, 0.25) is 10.0 Å². The maximum Gasteiger partial charge on any atom is 0.329 e. The van der Waals surface area contributed by atoms with Crippen molar-refractivity contribution in [3.05, 3.63) is 52.0 Å². The minimum atomic E-state index is -0.987. The Morgan fingerprint density at radius 2 is 1.70 bits per heavy atom. The highest BCUT2D eigenvalue weighted by Crippen LogP contribution is 2.28. The molecule has 2 aromatic carbocycles. The molecular formula is C19H18Cl2N4O5. The molecule has 9 nitrogen and oxygen atoms in total. The molecule has 0 unspecified atom stereocenters. The van der Waals surface area contributed by atoms with Crippen LogP contribution in [-0.4, -0.2) is 37.1 Å². The van der Waals surface area contributed by atoms with Gasteiger partial charge in [0.05, 0.1) is 12.8 Å². The lowest BCUT2D eigenvalue weighted by molar-refractivity contribution is -0.136. The summed E-state index contributed by atoms with van der Waals surface area (Å²) in [7, 11) is 1.43. The predicted molar refractivity (Wildman–Crippen MR) is 113 cm³/mol. The number of rotatable bonds is 7. The molecule has 2 rings (SSSR count). The average molecular weight is 453 g/mol. The molecule has 0 saturated heterocycles. The van der Waals surface area contributed by atoms with E-state index in [2.05, 4.69) is 15.8 Å². The number of hydrogen-bond donors (Lipinski definition) is 3. The highest BCUT2D eigenvalue weighted by atomic mass is 35.5. The molecule has 0 aliphatic carbocycles. The van der Waals surface area contributed by atoms with E-state index in [0.29, 0.717) is 32.8 Å². The number of benzene rings is 2. The molecular weight excluding hydrogens is 435 g/mol. The summed E-state index contributed by atoms with van der Waals surface area (Å²) in [5, 5.41) is 6.90. The monoisotopic (exact) mass is 452 g/mol. The van der Waals surface area contributed by atoms with Crippen LogP contribution < -0.4 is 25.9 Å². The number of carbonyl (C=O) groups is 3. The van der Waals surface area contributed by atoms with Crippen molar-refractivity contribution in [3.8, 4) is 11.5 Å². The Labute approximate surface area is 182 Å². The molecule has 0 atom stereocenters. The van der Waals surface area contributed by atoms with Gasteiger partial charge in [0.2, 0.25) is 0 Å². The Kier molecular flexibility index (Phi) is 8.02. The predicted octanol–water partition coefficient (Wildman–Crippen LogP) is 2.34. The first kappa shape index (κ1) is 23.0. The number of halogens is 2. The van der Waals surface area contributed by atoms with Crippen LogP contribution >= 0.6 is 23.2 Å². The second-order valence-corrected chi connectivity index (χ2v) is 6.74. The number of nitrogens with one attached hydrogen (secondary N) is 2. The van der Waals surface area contributed by atoms with Gasteiger partial charge in [0.15, 0.2) is 18.1 Å². The lowest BCUT2D eigenvalue weighted by Crippen LogP contribution is -2.32. The second kappa shape index (κ2) is 10.5. The van der Waals surface area contributed by atoms with Crippen molar-refractivity contribution in [2.75, 3.05) is 19.0 Å². The third-order valence-corrected chi connectivity index (χ3v) is 4.04. The zero-order chi connectivity index (χ0) is 22.3. The first-order chi connectivity index (χ1) is 14.2. The molecule has 3 amide bonds. The second-order valence-electron chi connectivity index (χ2n) is 5.87. The fourth-order valence-corrected chi connectivity index (χ4v) is 2.75. The van der Waals surface area contributed by atoms with Gasteiger partial charge in [-0.2, -0.15) is 5.10 Å². The summed E-state index contributed by atoms with van der Waals surface area (Å²) in [6.45, 7) is 1.32. The molecule has 0 aliphatic rings. The Bertz CT molecular complexity index is 990. The van der Waals surface area contributed by atoms with E-state index >= 15 is 0 Å². The van der Waals surface area contributed by atoms with Crippen LogP contribution in [-0.2, 0) is 14.4 Å². The highest BCUT2D eigenvalue weighted by Gasteiger charge is 2.15. The van der Waals surface area contributed by atoms with Crippen molar-refractivity contribution < 1.29 is 23.9 Å². The summed E-state index contributed by atoms with van der Waals surface area (Å²) in [6.07, 6.45) is 0. The van der Waals surface area contributed by atoms with Gasteiger partial charge in [-0.15, -0.1) is 0 Å². The number of ether oxygens (including phenoxy) is 2.